The molecule has 1 aliphatic carbocycles. The van der Waals surface area contributed by atoms with Crippen LogP contribution >= 0.6 is 0 Å². The van der Waals surface area contributed by atoms with Crippen LogP contribution in [0.25, 0.3) is 0 Å². The third-order valence-electron chi connectivity index (χ3n) is 4.56. The zero-order chi connectivity index (χ0) is 14.2. The summed E-state index contributed by atoms with van der Waals surface area (Å²) in [5.41, 5.74) is -0.610. The minimum absolute atomic E-state index is 0.464. The van der Waals surface area contributed by atoms with Crippen molar-refractivity contribution in [3.05, 3.63) is 11.7 Å². The van der Waals surface area contributed by atoms with Crippen molar-refractivity contribution in [1.82, 2.24) is 15.0 Å². The molecule has 0 amide bonds. The van der Waals surface area contributed by atoms with E-state index in [1.165, 1.54) is 0 Å². The summed E-state index contributed by atoms with van der Waals surface area (Å²) in [6.07, 6.45) is 4.62. The second-order valence-electron chi connectivity index (χ2n) is 6.08. The molecule has 1 atom stereocenters. The standard InChI is InChI=1S/C14H21N3O3/c1-2-14(13(18)19)6-3-7-17(9-14)8-11-15-12(20-16-11)10-4-5-10/h10H,2-9H2,1H3,(H,18,19). The zero-order valence-electron chi connectivity index (χ0n) is 11.8. The molecular weight excluding hydrogens is 258 g/mol. The molecule has 110 valence electrons. The van der Waals surface area contributed by atoms with Gasteiger partial charge in [0.25, 0.3) is 0 Å². The van der Waals surface area contributed by atoms with Crippen molar-refractivity contribution in [1.29, 1.82) is 0 Å². The average Bonchev–Trinajstić information content (AvgIpc) is 3.20. The Balaban J connectivity index is 1.65. The van der Waals surface area contributed by atoms with E-state index in [4.69, 9.17) is 4.52 Å². The molecule has 2 heterocycles. The Morgan fingerprint density at radius 3 is 3.00 bits per heavy atom. The Morgan fingerprint density at radius 2 is 2.35 bits per heavy atom. The Morgan fingerprint density at radius 1 is 1.55 bits per heavy atom. The number of rotatable bonds is 5. The molecule has 2 aliphatic rings. The van der Waals surface area contributed by atoms with Crippen molar-refractivity contribution in [2.24, 2.45) is 5.41 Å². The zero-order valence-corrected chi connectivity index (χ0v) is 11.8. The van der Waals surface area contributed by atoms with Crippen molar-refractivity contribution in [2.75, 3.05) is 13.1 Å². The fourth-order valence-corrected chi connectivity index (χ4v) is 3.00. The van der Waals surface area contributed by atoms with Gasteiger partial charge in [0, 0.05) is 12.5 Å². The third kappa shape index (κ3) is 2.57. The van der Waals surface area contributed by atoms with Gasteiger partial charge < -0.3 is 9.63 Å². The monoisotopic (exact) mass is 279 g/mol. The highest BCUT2D eigenvalue weighted by Gasteiger charge is 2.41. The number of aromatic nitrogens is 2. The van der Waals surface area contributed by atoms with Gasteiger partial charge in [0.1, 0.15) is 0 Å². The molecule has 1 aliphatic heterocycles. The number of hydrogen-bond donors (Lipinski definition) is 1. The predicted octanol–water partition coefficient (Wildman–Crippen LogP) is 2.02. The lowest BCUT2D eigenvalue weighted by Gasteiger charge is -2.38. The van der Waals surface area contributed by atoms with Gasteiger partial charge in [0.2, 0.25) is 5.89 Å². The first-order valence-corrected chi connectivity index (χ1v) is 7.41. The van der Waals surface area contributed by atoms with Crippen molar-refractivity contribution in [3.63, 3.8) is 0 Å². The van der Waals surface area contributed by atoms with Gasteiger partial charge in [-0.2, -0.15) is 4.98 Å². The maximum atomic E-state index is 11.5. The molecule has 1 saturated carbocycles. The highest BCUT2D eigenvalue weighted by molar-refractivity contribution is 5.75. The van der Waals surface area contributed by atoms with Crippen molar-refractivity contribution >= 4 is 5.97 Å². The summed E-state index contributed by atoms with van der Waals surface area (Å²) in [6, 6.07) is 0. The third-order valence-corrected chi connectivity index (χ3v) is 4.56. The molecule has 1 N–H and O–H groups in total. The SMILES string of the molecule is CCC1(C(=O)O)CCCN(Cc2noc(C3CC3)n2)C1. The number of likely N-dealkylation sites (tertiary alicyclic amines) is 1. The van der Waals surface area contributed by atoms with E-state index >= 15 is 0 Å². The van der Waals surface area contributed by atoms with Gasteiger partial charge in [0.05, 0.1) is 12.0 Å². The molecule has 1 unspecified atom stereocenters. The first kappa shape index (κ1) is 13.5. The van der Waals surface area contributed by atoms with Crippen LogP contribution in [0, 0.1) is 5.41 Å². The fraction of sp³-hybridized carbons (Fsp3) is 0.786. The van der Waals surface area contributed by atoms with Crippen LogP contribution < -0.4 is 0 Å². The molecule has 1 aromatic rings. The maximum Gasteiger partial charge on any atom is 0.310 e. The lowest BCUT2D eigenvalue weighted by atomic mass is 9.77. The molecule has 3 rings (SSSR count). The Bertz CT molecular complexity index is 498. The summed E-state index contributed by atoms with van der Waals surface area (Å²) < 4.78 is 5.25. The molecule has 20 heavy (non-hydrogen) atoms. The minimum Gasteiger partial charge on any atom is -0.481 e. The molecule has 1 saturated heterocycles. The largest absolute Gasteiger partial charge is 0.481 e. The Hall–Kier alpha value is -1.43. The summed E-state index contributed by atoms with van der Waals surface area (Å²) in [6.45, 7) is 4.02. The van der Waals surface area contributed by atoms with Gasteiger partial charge in [-0.3, -0.25) is 9.69 Å². The second-order valence-corrected chi connectivity index (χ2v) is 6.08. The number of carboxylic acids is 1. The predicted molar refractivity (Wildman–Crippen MR) is 71.1 cm³/mol. The van der Waals surface area contributed by atoms with Crippen LogP contribution in [0.4, 0.5) is 0 Å². The first-order chi connectivity index (χ1) is 9.63. The number of carboxylic acid groups (broad SMARTS) is 1. The molecule has 2 fully saturated rings. The average molecular weight is 279 g/mol. The summed E-state index contributed by atoms with van der Waals surface area (Å²) in [5, 5.41) is 13.5. The molecule has 6 heteroatoms. The molecule has 0 spiro atoms. The van der Waals surface area contributed by atoms with Crippen LogP contribution in [0.3, 0.4) is 0 Å². The normalized spacial score (nSPS) is 27.6. The van der Waals surface area contributed by atoms with Crippen molar-refractivity contribution in [2.45, 2.75) is 51.5 Å². The van der Waals surface area contributed by atoms with Gasteiger partial charge in [-0.05, 0) is 38.6 Å². The highest BCUT2D eigenvalue weighted by Crippen LogP contribution is 2.39. The number of carbonyl (C=O) groups is 1. The van der Waals surface area contributed by atoms with E-state index in [9.17, 15) is 9.90 Å². The Labute approximate surface area is 118 Å². The van der Waals surface area contributed by atoms with Gasteiger partial charge in [-0.25, -0.2) is 0 Å². The fourth-order valence-electron chi connectivity index (χ4n) is 3.00. The van der Waals surface area contributed by atoms with E-state index in [1.54, 1.807) is 0 Å². The van der Waals surface area contributed by atoms with Crippen LogP contribution in [0.5, 0.6) is 0 Å². The van der Waals surface area contributed by atoms with Crippen molar-refractivity contribution in [3.8, 4) is 0 Å². The van der Waals surface area contributed by atoms with Crippen LogP contribution in [-0.2, 0) is 11.3 Å². The summed E-state index contributed by atoms with van der Waals surface area (Å²) in [5.74, 6) is 1.21. The van der Waals surface area contributed by atoms with E-state index in [1.807, 2.05) is 6.92 Å². The molecule has 0 bridgehead atoms. The summed E-state index contributed by atoms with van der Waals surface area (Å²) in [4.78, 5) is 18.1. The summed E-state index contributed by atoms with van der Waals surface area (Å²) >= 11 is 0. The Kier molecular flexibility index (Phi) is 3.50. The molecule has 6 nitrogen and oxygen atoms in total. The molecule has 0 aromatic carbocycles. The highest BCUT2D eigenvalue weighted by atomic mass is 16.5. The molecule has 0 radical (unpaired) electrons. The van der Waals surface area contributed by atoms with Crippen LogP contribution in [0.1, 0.15) is 56.7 Å². The van der Waals surface area contributed by atoms with Crippen LogP contribution in [0.15, 0.2) is 4.52 Å². The van der Waals surface area contributed by atoms with Crippen LogP contribution in [0.2, 0.25) is 0 Å². The first-order valence-electron chi connectivity index (χ1n) is 7.41. The van der Waals surface area contributed by atoms with E-state index in [0.29, 0.717) is 31.3 Å². The van der Waals surface area contributed by atoms with E-state index < -0.39 is 11.4 Å². The lowest BCUT2D eigenvalue weighted by Crippen LogP contribution is -2.47. The quantitative estimate of drug-likeness (QED) is 0.888. The van der Waals surface area contributed by atoms with E-state index in [2.05, 4.69) is 15.0 Å². The summed E-state index contributed by atoms with van der Waals surface area (Å²) in [7, 11) is 0. The van der Waals surface area contributed by atoms with Crippen molar-refractivity contribution < 1.29 is 14.4 Å². The number of hydrogen-bond acceptors (Lipinski definition) is 5. The van der Waals surface area contributed by atoms with Gasteiger partial charge >= 0.3 is 5.97 Å². The topological polar surface area (TPSA) is 79.5 Å². The van der Waals surface area contributed by atoms with Crippen LogP contribution in [-0.4, -0.2) is 39.2 Å². The molecule has 1 aromatic heterocycles. The minimum atomic E-state index is -0.684. The van der Waals surface area contributed by atoms with Gasteiger partial charge in [0.15, 0.2) is 5.82 Å². The molecular formula is C14H21N3O3. The second kappa shape index (κ2) is 5.16. The number of piperidine rings is 1. The number of nitrogens with zero attached hydrogens (tertiary/aromatic N) is 3. The van der Waals surface area contributed by atoms with Gasteiger partial charge in [-0.15, -0.1) is 0 Å². The number of aliphatic carboxylic acids is 1. The maximum absolute atomic E-state index is 11.5. The lowest BCUT2D eigenvalue weighted by molar-refractivity contribution is -0.153. The van der Waals surface area contributed by atoms with E-state index in [0.717, 1.165) is 38.1 Å². The van der Waals surface area contributed by atoms with Gasteiger partial charge in [-0.1, -0.05) is 12.1 Å². The smallest absolute Gasteiger partial charge is 0.310 e. The van der Waals surface area contributed by atoms with E-state index in [-0.39, 0.29) is 0 Å².